The summed E-state index contributed by atoms with van der Waals surface area (Å²) >= 11 is 0. The molecule has 0 aromatic carbocycles. The Balaban J connectivity index is 2.50. The summed E-state index contributed by atoms with van der Waals surface area (Å²) in [7, 11) is 1.71. The van der Waals surface area contributed by atoms with Crippen LogP contribution in [-0.2, 0) is 4.74 Å². The molecule has 1 atom stereocenters. The second-order valence-corrected chi connectivity index (χ2v) is 3.31. The molecule has 1 aliphatic rings. The summed E-state index contributed by atoms with van der Waals surface area (Å²) in [5.41, 5.74) is 0. The molecule has 1 rings (SSSR count). The zero-order valence-corrected chi connectivity index (χ0v) is 7.50. The molecule has 0 amide bonds. The summed E-state index contributed by atoms with van der Waals surface area (Å²) in [5, 5.41) is 0. The lowest BCUT2D eigenvalue weighted by molar-refractivity contribution is 0.298. The van der Waals surface area contributed by atoms with E-state index in [4.69, 9.17) is 4.74 Å². The van der Waals surface area contributed by atoms with E-state index < -0.39 is 0 Å². The molecule has 0 fully saturated rings. The van der Waals surface area contributed by atoms with Crippen molar-refractivity contribution in [3.05, 3.63) is 24.0 Å². The van der Waals surface area contributed by atoms with Crippen molar-refractivity contribution in [2.75, 3.05) is 7.11 Å². The molecule has 1 heteroatoms. The van der Waals surface area contributed by atoms with Gasteiger partial charge in [0, 0.05) is 0 Å². The van der Waals surface area contributed by atoms with Crippen molar-refractivity contribution in [1.82, 2.24) is 0 Å². The van der Waals surface area contributed by atoms with E-state index in [1.165, 1.54) is 0 Å². The first-order valence-electron chi connectivity index (χ1n) is 4.16. The zero-order valence-electron chi connectivity index (χ0n) is 7.50. The minimum absolute atomic E-state index is 0.703. The van der Waals surface area contributed by atoms with Crippen LogP contribution in [0.5, 0.6) is 0 Å². The summed E-state index contributed by atoms with van der Waals surface area (Å²) in [5.74, 6) is 2.44. The van der Waals surface area contributed by atoms with E-state index in [1.807, 2.05) is 0 Å². The van der Waals surface area contributed by atoms with E-state index in [2.05, 4.69) is 32.1 Å². The Hall–Kier alpha value is -0.720. The van der Waals surface area contributed by atoms with Crippen LogP contribution in [0.1, 0.15) is 20.3 Å². The zero-order chi connectivity index (χ0) is 8.27. The largest absolute Gasteiger partial charge is 0.497 e. The van der Waals surface area contributed by atoms with E-state index in [0.717, 1.165) is 18.1 Å². The molecular formula is C10H16O. The van der Waals surface area contributed by atoms with Crippen molar-refractivity contribution in [3.63, 3.8) is 0 Å². The highest BCUT2D eigenvalue weighted by atomic mass is 16.5. The van der Waals surface area contributed by atoms with Crippen LogP contribution in [0.3, 0.4) is 0 Å². The fourth-order valence-corrected chi connectivity index (χ4v) is 1.26. The topological polar surface area (TPSA) is 9.23 Å². The molecule has 62 valence electrons. The molecule has 11 heavy (non-hydrogen) atoms. The van der Waals surface area contributed by atoms with Gasteiger partial charge in [-0.25, -0.2) is 0 Å². The van der Waals surface area contributed by atoms with Gasteiger partial charge in [0.25, 0.3) is 0 Å². The van der Waals surface area contributed by atoms with Gasteiger partial charge in [-0.1, -0.05) is 19.9 Å². The molecule has 0 N–H and O–H groups in total. The average molecular weight is 152 g/mol. The molecule has 0 spiro atoms. The molecule has 0 heterocycles. The Morgan fingerprint density at radius 2 is 2.27 bits per heavy atom. The third-order valence-corrected chi connectivity index (χ3v) is 2.19. The summed E-state index contributed by atoms with van der Waals surface area (Å²) in [6, 6.07) is 0. The van der Waals surface area contributed by atoms with Gasteiger partial charge >= 0.3 is 0 Å². The second kappa shape index (κ2) is 3.61. The van der Waals surface area contributed by atoms with Gasteiger partial charge in [0.2, 0.25) is 0 Å². The number of methoxy groups -OCH3 is 1. The molecule has 0 aliphatic heterocycles. The Morgan fingerprint density at radius 1 is 1.55 bits per heavy atom. The van der Waals surface area contributed by atoms with Gasteiger partial charge < -0.3 is 4.74 Å². The van der Waals surface area contributed by atoms with Crippen molar-refractivity contribution in [1.29, 1.82) is 0 Å². The Kier molecular flexibility index (Phi) is 2.75. The van der Waals surface area contributed by atoms with Crippen LogP contribution in [0.15, 0.2) is 24.0 Å². The summed E-state index contributed by atoms with van der Waals surface area (Å²) in [6.45, 7) is 4.50. The molecule has 0 bridgehead atoms. The lowest BCUT2D eigenvalue weighted by Gasteiger charge is -2.18. The van der Waals surface area contributed by atoms with Crippen molar-refractivity contribution in [2.45, 2.75) is 20.3 Å². The molecule has 1 unspecified atom stereocenters. The predicted molar refractivity (Wildman–Crippen MR) is 47.2 cm³/mol. The fourth-order valence-electron chi connectivity index (χ4n) is 1.26. The van der Waals surface area contributed by atoms with E-state index in [-0.39, 0.29) is 0 Å². The normalized spacial score (nSPS) is 23.6. The highest BCUT2D eigenvalue weighted by Gasteiger charge is 2.11. The van der Waals surface area contributed by atoms with Crippen molar-refractivity contribution in [3.8, 4) is 0 Å². The fraction of sp³-hybridized carbons (Fsp3) is 0.600. The number of allylic oxidation sites excluding steroid dienone is 3. The summed E-state index contributed by atoms with van der Waals surface area (Å²) < 4.78 is 5.09. The Bertz CT molecular complexity index is 177. The van der Waals surface area contributed by atoms with E-state index >= 15 is 0 Å². The minimum atomic E-state index is 0.703. The first kappa shape index (κ1) is 8.38. The standard InChI is InChI=1S/C10H16O/c1-8(2)9-4-6-10(11-3)7-5-9/h4,6-9H,5H2,1-3H3. The lowest BCUT2D eigenvalue weighted by atomic mass is 9.89. The highest BCUT2D eigenvalue weighted by Crippen LogP contribution is 2.23. The van der Waals surface area contributed by atoms with Gasteiger partial charge in [0.15, 0.2) is 0 Å². The van der Waals surface area contributed by atoms with Gasteiger partial charge in [-0.15, -0.1) is 0 Å². The van der Waals surface area contributed by atoms with Crippen LogP contribution in [0.2, 0.25) is 0 Å². The molecule has 0 aromatic rings. The van der Waals surface area contributed by atoms with Crippen molar-refractivity contribution >= 4 is 0 Å². The molecule has 1 nitrogen and oxygen atoms in total. The first-order chi connectivity index (χ1) is 5.24. The quantitative estimate of drug-likeness (QED) is 0.591. The van der Waals surface area contributed by atoms with Gasteiger partial charge in [-0.2, -0.15) is 0 Å². The highest BCUT2D eigenvalue weighted by molar-refractivity contribution is 5.18. The smallest absolute Gasteiger partial charge is 0.114 e. The van der Waals surface area contributed by atoms with Crippen molar-refractivity contribution in [2.24, 2.45) is 11.8 Å². The summed E-state index contributed by atoms with van der Waals surface area (Å²) in [4.78, 5) is 0. The van der Waals surface area contributed by atoms with Crippen LogP contribution in [-0.4, -0.2) is 7.11 Å². The van der Waals surface area contributed by atoms with Gasteiger partial charge in [-0.3, -0.25) is 0 Å². The van der Waals surface area contributed by atoms with Crippen molar-refractivity contribution < 1.29 is 4.74 Å². The number of ether oxygens (including phenoxy) is 1. The molecule has 1 aliphatic carbocycles. The van der Waals surface area contributed by atoms with Gasteiger partial charge in [-0.05, 0) is 30.4 Å². The molecule has 0 aromatic heterocycles. The van der Waals surface area contributed by atoms with Crippen LogP contribution in [0, 0.1) is 11.8 Å². The number of hydrogen-bond donors (Lipinski definition) is 0. The van der Waals surface area contributed by atoms with Crippen LogP contribution in [0.25, 0.3) is 0 Å². The Labute approximate surface area is 68.8 Å². The molecule has 0 radical (unpaired) electrons. The lowest BCUT2D eigenvalue weighted by Crippen LogP contribution is -2.07. The molecule has 0 saturated carbocycles. The number of hydrogen-bond acceptors (Lipinski definition) is 1. The predicted octanol–water partition coefficient (Wildman–Crippen LogP) is 2.75. The van der Waals surface area contributed by atoms with Gasteiger partial charge in [0.1, 0.15) is 5.76 Å². The van der Waals surface area contributed by atoms with E-state index in [9.17, 15) is 0 Å². The van der Waals surface area contributed by atoms with E-state index in [1.54, 1.807) is 7.11 Å². The van der Waals surface area contributed by atoms with Crippen LogP contribution < -0.4 is 0 Å². The SMILES string of the molecule is COC1=CCC(C(C)C)C=C1. The number of rotatable bonds is 2. The maximum Gasteiger partial charge on any atom is 0.114 e. The van der Waals surface area contributed by atoms with E-state index in [0.29, 0.717) is 5.92 Å². The molecule has 0 saturated heterocycles. The van der Waals surface area contributed by atoms with Gasteiger partial charge in [0.05, 0.1) is 7.11 Å². The molecular weight excluding hydrogens is 136 g/mol. The minimum Gasteiger partial charge on any atom is -0.497 e. The maximum atomic E-state index is 5.09. The maximum absolute atomic E-state index is 5.09. The first-order valence-corrected chi connectivity index (χ1v) is 4.16. The van der Waals surface area contributed by atoms with Crippen LogP contribution in [0.4, 0.5) is 0 Å². The summed E-state index contributed by atoms with van der Waals surface area (Å²) in [6.07, 6.45) is 7.58. The second-order valence-electron chi connectivity index (χ2n) is 3.31. The monoisotopic (exact) mass is 152 g/mol. The van der Waals surface area contributed by atoms with Crippen LogP contribution >= 0.6 is 0 Å². The average Bonchev–Trinajstić information content (AvgIpc) is 2.05. The third-order valence-electron chi connectivity index (χ3n) is 2.19. The third kappa shape index (κ3) is 2.11. The Morgan fingerprint density at radius 3 is 2.64 bits per heavy atom.